The molecule has 0 spiro atoms. The number of nitrogens with zero attached hydrogens (tertiary/aromatic N) is 2. The molecular weight excluding hydrogens is 290 g/mol. The summed E-state index contributed by atoms with van der Waals surface area (Å²) in [4.78, 5) is 18.3. The van der Waals surface area contributed by atoms with E-state index in [4.69, 9.17) is 0 Å². The third-order valence-electron chi connectivity index (χ3n) is 3.86. The molecule has 1 aromatic rings. The van der Waals surface area contributed by atoms with Crippen molar-refractivity contribution in [3.8, 4) is 0 Å². The van der Waals surface area contributed by atoms with E-state index in [0.29, 0.717) is 5.91 Å². The second-order valence-electron chi connectivity index (χ2n) is 5.26. The smallest absolute Gasteiger partial charge is 0.240 e. The number of carbonyl (C=O) groups excluding carboxylic acids is 1. The van der Waals surface area contributed by atoms with Crippen LogP contribution in [0.1, 0.15) is 4.88 Å². The largest absolute Gasteiger partial charge is 0.339 e. The topological polar surface area (TPSA) is 35.6 Å². The zero-order valence-corrected chi connectivity index (χ0v) is 13.2. The molecule has 1 aromatic heterocycles. The van der Waals surface area contributed by atoms with Crippen molar-refractivity contribution in [2.45, 2.75) is 12.6 Å². The first-order valence-corrected chi connectivity index (χ1v) is 9.21. The predicted molar refractivity (Wildman–Crippen MR) is 85.3 cm³/mol. The first-order chi connectivity index (χ1) is 9.83. The van der Waals surface area contributed by atoms with Gasteiger partial charge in [-0.05, 0) is 11.4 Å². The van der Waals surface area contributed by atoms with E-state index in [1.807, 2.05) is 28.0 Å². The van der Waals surface area contributed by atoms with Crippen LogP contribution < -0.4 is 5.32 Å². The van der Waals surface area contributed by atoms with Gasteiger partial charge in [0, 0.05) is 55.7 Å². The first-order valence-electron chi connectivity index (χ1n) is 7.17. The van der Waals surface area contributed by atoms with Crippen LogP contribution in [0.3, 0.4) is 0 Å². The average molecular weight is 311 g/mol. The van der Waals surface area contributed by atoms with Gasteiger partial charge in [0.1, 0.15) is 0 Å². The molecule has 2 fully saturated rings. The minimum Gasteiger partial charge on any atom is -0.339 e. The lowest BCUT2D eigenvalue weighted by Gasteiger charge is -2.37. The van der Waals surface area contributed by atoms with Crippen molar-refractivity contribution in [3.05, 3.63) is 22.4 Å². The summed E-state index contributed by atoms with van der Waals surface area (Å²) in [5, 5.41) is 5.47. The predicted octanol–water partition coefficient (Wildman–Crippen LogP) is 1.10. The summed E-state index contributed by atoms with van der Waals surface area (Å²) in [6.45, 7) is 5.70. The molecule has 6 heteroatoms. The lowest BCUT2D eigenvalue weighted by Crippen LogP contribution is -2.55. The standard InChI is InChI=1S/C14H21N3OS2/c18-14(13-11-19-9-3-15-13)17-6-4-16(5-7-17)10-12-2-1-8-20-12/h1-2,8,13,15H,3-7,9-11H2. The van der Waals surface area contributed by atoms with Crippen molar-refractivity contribution in [2.24, 2.45) is 0 Å². The number of rotatable bonds is 3. The van der Waals surface area contributed by atoms with Crippen LogP contribution in [0, 0.1) is 0 Å². The van der Waals surface area contributed by atoms with Crippen LogP contribution in [-0.4, -0.2) is 66.0 Å². The average Bonchev–Trinajstić information content (AvgIpc) is 3.01. The number of hydrogen-bond donors (Lipinski definition) is 1. The van der Waals surface area contributed by atoms with E-state index in [1.54, 1.807) is 0 Å². The number of piperazine rings is 1. The highest BCUT2D eigenvalue weighted by Gasteiger charge is 2.28. The molecule has 1 N–H and O–H groups in total. The Kier molecular flexibility index (Phi) is 4.99. The van der Waals surface area contributed by atoms with Gasteiger partial charge < -0.3 is 10.2 Å². The molecule has 0 saturated carbocycles. The van der Waals surface area contributed by atoms with Crippen molar-refractivity contribution >= 4 is 29.0 Å². The normalized spacial score (nSPS) is 24.8. The minimum atomic E-state index is 0.0394. The van der Waals surface area contributed by atoms with Gasteiger partial charge in [0.25, 0.3) is 0 Å². The molecule has 2 aliphatic heterocycles. The molecule has 4 nitrogen and oxygen atoms in total. The van der Waals surface area contributed by atoms with Crippen LogP contribution in [0.25, 0.3) is 0 Å². The lowest BCUT2D eigenvalue weighted by molar-refractivity contribution is -0.134. The Morgan fingerprint density at radius 3 is 2.85 bits per heavy atom. The summed E-state index contributed by atoms with van der Waals surface area (Å²) in [5.74, 6) is 2.35. The fraction of sp³-hybridized carbons (Fsp3) is 0.643. The minimum absolute atomic E-state index is 0.0394. The highest BCUT2D eigenvalue weighted by molar-refractivity contribution is 7.99. The van der Waals surface area contributed by atoms with Crippen molar-refractivity contribution in [2.75, 3.05) is 44.2 Å². The quantitative estimate of drug-likeness (QED) is 0.907. The van der Waals surface area contributed by atoms with Gasteiger partial charge in [0.05, 0.1) is 6.04 Å². The van der Waals surface area contributed by atoms with Gasteiger partial charge in [-0.3, -0.25) is 9.69 Å². The molecule has 1 atom stereocenters. The van der Waals surface area contributed by atoms with Crippen molar-refractivity contribution in [3.63, 3.8) is 0 Å². The summed E-state index contributed by atoms with van der Waals surface area (Å²) in [7, 11) is 0. The molecule has 2 aliphatic rings. The fourth-order valence-corrected chi connectivity index (χ4v) is 4.36. The number of thiophene rings is 1. The molecule has 20 heavy (non-hydrogen) atoms. The molecule has 1 amide bonds. The van der Waals surface area contributed by atoms with Crippen molar-refractivity contribution in [1.29, 1.82) is 0 Å². The second-order valence-corrected chi connectivity index (χ2v) is 7.44. The SMILES string of the molecule is O=C(C1CSCCN1)N1CCN(Cc2cccs2)CC1. The monoisotopic (exact) mass is 311 g/mol. The molecule has 0 aliphatic carbocycles. The zero-order valence-electron chi connectivity index (χ0n) is 11.6. The molecule has 0 radical (unpaired) electrons. The molecular formula is C14H21N3OS2. The third kappa shape index (κ3) is 3.55. The van der Waals surface area contributed by atoms with Gasteiger partial charge in [0.15, 0.2) is 0 Å². The van der Waals surface area contributed by atoms with Crippen LogP contribution in [0.15, 0.2) is 17.5 Å². The van der Waals surface area contributed by atoms with Gasteiger partial charge in [-0.25, -0.2) is 0 Å². The molecule has 1 unspecified atom stereocenters. The van der Waals surface area contributed by atoms with Crippen LogP contribution in [0.5, 0.6) is 0 Å². The Labute approximate surface area is 128 Å². The summed E-state index contributed by atoms with van der Waals surface area (Å²) in [6, 6.07) is 4.33. The number of carbonyl (C=O) groups is 1. The number of hydrogen-bond acceptors (Lipinski definition) is 5. The number of thioether (sulfide) groups is 1. The van der Waals surface area contributed by atoms with Crippen LogP contribution in [-0.2, 0) is 11.3 Å². The molecule has 3 heterocycles. The Hall–Kier alpha value is -0.560. The van der Waals surface area contributed by atoms with Crippen LogP contribution in [0.2, 0.25) is 0 Å². The second kappa shape index (κ2) is 6.93. The molecule has 110 valence electrons. The maximum atomic E-state index is 12.4. The number of nitrogens with one attached hydrogen (secondary N) is 1. The van der Waals surface area contributed by atoms with E-state index in [-0.39, 0.29) is 6.04 Å². The van der Waals surface area contributed by atoms with Crippen molar-refractivity contribution in [1.82, 2.24) is 15.1 Å². The van der Waals surface area contributed by atoms with Crippen LogP contribution in [0.4, 0.5) is 0 Å². The van der Waals surface area contributed by atoms with E-state index in [1.165, 1.54) is 4.88 Å². The zero-order chi connectivity index (χ0) is 13.8. The van der Waals surface area contributed by atoms with E-state index in [2.05, 4.69) is 27.7 Å². The Morgan fingerprint density at radius 2 is 2.20 bits per heavy atom. The molecule has 0 aromatic carbocycles. The van der Waals surface area contributed by atoms with Crippen LogP contribution >= 0.6 is 23.1 Å². The van der Waals surface area contributed by atoms with Gasteiger partial charge in [-0.2, -0.15) is 11.8 Å². The Morgan fingerprint density at radius 1 is 1.35 bits per heavy atom. The van der Waals surface area contributed by atoms with E-state index in [9.17, 15) is 4.79 Å². The third-order valence-corrected chi connectivity index (χ3v) is 5.79. The maximum absolute atomic E-state index is 12.4. The summed E-state index contributed by atoms with van der Waals surface area (Å²) in [5.41, 5.74) is 0. The number of amides is 1. The lowest BCUT2D eigenvalue weighted by atomic mass is 10.2. The van der Waals surface area contributed by atoms with Gasteiger partial charge >= 0.3 is 0 Å². The fourth-order valence-electron chi connectivity index (χ4n) is 2.69. The summed E-state index contributed by atoms with van der Waals surface area (Å²) in [6.07, 6.45) is 0. The van der Waals surface area contributed by atoms with Crippen molar-refractivity contribution < 1.29 is 4.79 Å². The molecule has 0 bridgehead atoms. The van der Waals surface area contributed by atoms with E-state index < -0.39 is 0 Å². The highest BCUT2D eigenvalue weighted by Crippen LogP contribution is 2.15. The van der Waals surface area contributed by atoms with E-state index >= 15 is 0 Å². The summed E-state index contributed by atoms with van der Waals surface area (Å²) >= 11 is 3.69. The highest BCUT2D eigenvalue weighted by atomic mass is 32.2. The maximum Gasteiger partial charge on any atom is 0.240 e. The van der Waals surface area contributed by atoms with E-state index in [0.717, 1.165) is 50.8 Å². The molecule has 2 saturated heterocycles. The first kappa shape index (κ1) is 14.4. The van der Waals surface area contributed by atoms with Gasteiger partial charge in [-0.1, -0.05) is 6.07 Å². The van der Waals surface area contributed by atoms with Gasteiger partial charge in [0.2, 0.25) is 5.91 Å². The Balaban J connectivity index is 1.46. The molecule has 3 rings (SSSR count). The van der Waals surface area contributed by atoms with Gasteiger partial charge in [-0.15, -0.1) is 11.3 Å². The Bertz CT molecular complexity index is 424. The summed E-state index contributed by atoms with van der Waals surface area (Å²) < 4.78 is 0.